The number of rotatable bonds is 9. The Balaban J connectivity index is 2.46. The van der Waals surface area contributed by atoms with Crippen LogP contribution in [0.25, 0.3) is 0 Å². The molecule has 0 heterocycles. The van der Waals surface area contributed by atoms with Gasteiger partial charge in [-0.1, -0.05) is 44.2 Å². The molecule has 0 radical (unpaired) electrons. The number of carbonyl (C=O) groups is 1. The molecular weight excluding hydrogens is 294 g/mol. The van der Waals surface area contributed by atoms with Crippen molar-refractivity contribution < 1.29 is 14.7 Å². The number of hydrogen-bond acceptors (Lipinski definition) is 4. The topological polar surface area (TPSA) is 69.6 Å². The predicted molar refractivity (Wildman–Crippen MR) is 92.6 cm³/mol. The lowest BCUT2D eigenvalue weighted by atomic mass is 9.96. The van der Waals surface area contributed by atoms with Gasteiger partial charge in [-0.3, -0.25) is 4.79 Å². The van der Waals surface area contributed by atoms with Gasteiger partial charge in [-0.15, -0.1) is 0 Å². The molecule has 0 aromatic heterocycles. The minimum atomic E-state index is -2.28. The number of carbonyl (C=O) groups excluding carboxylic acids is 1. The van der Waals surface area contributed by atoms with E-state index in [2.05, 4.69) is 19.2 Å². The lowest BCUT2D eigenvalue weighted by Gasteiger charge is -2.37. The predicted octanol–water partition coefficient (Wildman–Crippen LogP) is 2.44. The molecular formula is C17H29NO3Si. The van der Waals surface area contributed by atoms with Gasteiger partial charge in [-0.2, -0.15) is 0 Å². The molecule has 0 fully saturated rings. The molecule has 22 heavy (non-hydrogen) atoms. The number of aliphatic hydroxyl groups is 1. The van der Waals surface area contributed by atoms with Crippen molar-refractivity contribution in [2.24, 2.45) is 5.92 Å². The Morgan fingerprint density at radius 3 is 2.36 bits per heavy atom. The van der Waals surface area contributed by atoms with Crippen LogP contribution in [0.5, 0.6) is 0 Å². The third-order valence-electron chi connectivity index (χ3n) is 4.53. The first-order chi connectivity index (χ1) is 10.2. The van der Waals surface area contributed by atoms with E-state index in [9.17, 15) is 14.7 Å². The molecule has 3 N–H and O–H groups in total. The number of Topliss-reactive ketones (excluding diaryl/α,β-unsaturated/α-hetero) is 1. The molecule has 0 saturated carbocycles. The molecule has 5 heteroatoms. The molecule has 4 nitrogen and oxygen atoms in total. The van der Waals surface area contributed by atoms with Crippen molar-refractivity contribution in [1.29, 1.82) is 0 Å². The SMILES string of the molecule is CC(C)(CC(CO)CNCC(=O)c1ccccc1)[Si](C)(C)O. The third-order valence-corrected chi connectivity index (χ3v) is 8.04. The van der Waals surface area contributed by atoms with Crippen molar-refractivity contribution in [2.45, 2.75) is 38.4 Å². The standard InChI is InChI=1S/C17H29NO3Si/c1-17(2,22(3,4)21)10-14(13-19)11-18-12-16(20)15-8-6-5-7-9-15/h5-9,14,18-19,21H,10-13H2,1-4H3. The summed E-state index contributed by atoms with van der Waals surface area (Å²) in [5, 5.41) is 12.5. The van der Waals surface area contributed by atoms with E-state index in [4.69, 9.17) is 0 Å². The fourth-order valence-corrected chi connectivity index (χ4v) is 3.08. The van der Waals surface area contributed by atoms with E-state index in [1.807, 2.05) is 31.3 Å². The van der Waals surface area contributed by atoms with Crippen LogP contribution in [0.15, 0.2) is 30.3 Å². The molecule has 1 rings (SSSR count). The lowest BCUT2D eigenvalue weighted by molar-refractivity contribution is 0.0986. The van der Waals surface area contributed by atoms with Crippen LogP contribution in [-0.4, -0.2) is 43.7 Å². The summed E-state index contributed by atoms with van der Waals surface area (Å²) in [6.07, 6.45) is 0.742. The number of nitrogens with one attached hydrogen (secondary N) is 1. The average molecular weight is 324 g/mol. The highest BCUT2D eigenvalue weighted by Gasteiger charge is 2.39. The quantitative estimate of drug-likeness (QED) is 0.482. The van der Waals surface area contributed by atoms with Crippen molar-refractivity contribution in [3.8, 4) is 0 Å². The molecule has 1 atom stereocenters. The number of hydrogen-bond donors (Lipinski definition) is 3. The van der Waals surface area contributed by atoms with Crippen molar-refractivity contribution in [3.05, 3.63) is 35.9 Å². The van der Waals surface area contributed by atoms with Crippen molar-refractivity contribution in [1.82, 2.24) is 5.32 Å². The van der Waals surface area contributed by atoms with Gasteiger partial charge in [0.05, 0.1) is 6.54 Å². The number of aliphatic hydroxyl groups excluding tert-OH is 1. The van der Waals surface area contributed by atoms with Crippen LogP contribution in [0.2, 0.25) is 18.1 Å². The average Bonchev–Trinajstić information content (AvgIpc) is 2.45. The van der Waals surface area contributed by atoms with Crippen LogP contribution in [-0.2, 0) is 0 Å². The highest BCUT2D eigenvalue weighted by molar-refractivity contribution is 6.72. The second-order valence-electron chi connectivity index (χ2n) is 7.12. The molecule has 0 amide bonds. The summed E-state index contributed by atoms with van der Waals surface area (Å²) in [5.74, 6) is 0.0888. The molecule has 0 spiro atoms. The Kier molecular flexibility index (Phi) is 6.93. The second kappa shape index (κ2) is 8.01. The Hall–Kier alpha value is -1.01. The van der Waals surface area contributed by atoms with Crippen LogP contribution in [0.3, 0.4) is 0 Å². The van der Waals surface area contributed by atoms with E-state index in [-0.39, 0.29) is 29.9 Å². The first-order valence-corrected chi connectivity index (χ1v) is 10.7. The molecule has 1 aromatic rings. The maximum absolute atomic E-state index is 12.0. The van der Waals surface area contributed by atoms with Gasteiger partial charge in [-0.25, -0.2) is 0 Å². The first-order valence-electron chi connectivity index (χ1n) is 7.79. The Morgan fingerprint density at radius 2 is 1.86 bits per heavy atom. The Morgan fingerprint density at radius 1 is 1.27 bits per heavy atom. The maximum atomic E-state index is 12.0. The van der Waals surface area contributed by atoms with Crippen molar-refractivity contribution >= 4 is 14.1 Å². The number of ketones is 1. The normalized spacial score (nSPS) is 13.9. The van der Waals surface area contributed by atoms with Gasteiger partial charge in [-0.05, 0) is 30.5 Å². The zero-order valence-electron chi connectivity index (χ0n) is 14.1. The van der Waals surface area contributed by atoms with Gasteiger partial charge in [0.1, 0.15) is 0 Å². The first kappa shape index (κ1) is 19.0. The summed E-state index contributed by atoms with van der Waals surface area (Å²) in [6, 6.07) is 9.18. The summed E-state index contributed by atoms with van der Waals surface area (Å²) in [7, 11) is -2.28. The molecule has 1 unspecified atom stereocenters. The molecule has 0 aliphatic heterocycles. The van der Waals surface area contributed by atoms with Crippen molar-refractivity contribution in [2.75, 3.05) is 19.7 Å². The summed E-state index contributed by atoms with van der Waals surface area (Å²) in [6.45, 7) is 8.85. The van der Waals surface area contributed by atoms with Gasteiger partial charge in [0.25, 0.3) is 0 Å². The largest absolute Gasteiger partial charge is 0.432 e. The highest BCUT2D eigenvalue weighted by Crippen LogP contribution is 2.41. The van der Waals surface area contributed by atoms with E-state index >= 15 is 0 Å². The van der Waals surface area contributed by atoms with Gasteiger partial charge < -0.3 is 15.2 Å². The van der Waals surface area contributed by atoms with E-state index < -0.39 is 8.32 Å². The summed E-state index contributed by atoms with van der Waals surface area (Å²) < 4.78 is 0. The zero-order chi connectivity index (χ0) is 16.8. The molecule has 0 saturated heterocycles. The van der Waals surface area contributed by atoms with E-state index in [0.717, 1.165) is 6.42 Å². The zero-order valence-corrected chi connectivity index (χ0v) is 15.1. The van der Waals surface area contributed by atoms with Crippen LogP contribution >= 0.6 is 0 Å². The fourth-order valence-electron chi connectivity index (χ4n) is 2.29. The molecule has 0 aliphatic rings. The van der Waals surface area contributed by atoms with Gasteiger partial charge in [0, 0.05) is 18.7 Å². The second-order valence-corrected chi connectivity index (χ2v) is 11.6. The lowest BCUT2D eigenvalue weighted by Crippen LogP contribution is -2.42. The summed E-state index contributed by atoms with van der Waals surface area (Å²) in [5.41, 5.74) is 0.694. The highest BCUT2D eigenvalue weighted by atomic mass is 28.4. The van der Waals surface area contributed by atoms with Gasteiger partial charge in [0.2, 0.25) is 0 Å². The van der Waals surface area contributed by atoms with Crippen LogP contribution in [0.1, 0.15) is 30.6 Å². The minimum absolute atomic E-state index is 0.0394. The number of benzene rings is 1. The Bertz CT molecular complexity index is 469. The maximum Gasteiger partial charge on any atom is 0.188 e. The summed E-state index contributed by atoms with van der Waals surface area (Å²) >= 11 is 0. The van der Waals surface area contributed by atoms with Crippen molar-refractivity contribution in [3.63, 3.8) is 0 Å². The summed E-state index contributed by atoms with van der Waals surface area (Å²) in [4.78, 5) is 22.3. The van der Waals surface area contributed by atoms with Crippen LogP contribution in [0.4, 0.5) is 0 Å². The monoisotopic (exact) mass is 323 g/mol. The molecule has 0 aliphatic carbocycles. The van der Waals surface area contributed by atoms with E-state index in [1.165, 1.54) is 0 Å². The molecule has 0 bridgehead atoms. The Labute approximate surface area is 134 Å². The van der Waals surface area contributed by atoms with E-state index in [0.29, 0.717) is 12.1 Å². The fraction of sp³-hybridized carbons (Fsp3) is 0.588. The van der Waals surface area contributed by atoms with E-state index in [1.54, 1.807) is 12.1 Å². The molecule has 124 valence electrons. The van der Waals surface area contributed by atoms with Gasteiger partial charge in [0.15, 0.2) is 14.1 Å². The minimum Gasteiger partial charge on any atom is -0.432 e. The van der Waals surface area contributed by atoms with Gasteiger partial charge >= 0.3 is 0 Å². The van der Waals surface area contributed by atoms with Crippen LogP contribution < -0.4 is 5.32 Å². The molecule has 1 aromatic carbocycles. The van der Waals surface area contributed by atoms with Crippen LogP contribution in [0, 0.1) is 5.92 Å². The smallest absolute Gasteiger partial charge is 0.188 e. The third kappa shape index (κ3) is 5.65.